The minimum atomic E-state index is 0. The Labute approximate surface area is 77.7 Å². The van der Waals surface area contributed by atoms with Crippen LogP contribution >= 0.6 is 0 Å². The molecule has 1 rings (SSSR count). The molecule has 1 fully saturated rings. The normalized spacial score (nSPS) is 17.2. The fourth-order valence-corrected chi connectivity index (χ4v) is 1.03. The van der Waals surface area contributed by atoms with Crippen LogP contribution in [0, 0.1) is 0 Å². The van der Waals surface area contributed by atoms with Crippen LogP contribution in [-0.4, -0.2) is 26.3 Å². The van der Waals surface area contributed by atoms with Crippen LogP contribution in [0.5, 0.6) is 0 Å². The SMILES string of the molecule is C.CCC.COC1CCNCC1. The predicted octanol–water partition coefficient (Wildman–Crippen LogP) is 2.44. The van der Waals surface area contributed by atoms with Crippen LogP contribution in [0.15, 0.2) is 0 Å². The van der Waals surface area contributed by atoms with Crippen molar-refractivity contribution in [3.63, 3.8) is 0 Å². The molecule has 0 aromatic heterocycles. The first-order chi connectivity index (χ1) is 5.35. The minimum absolute atomic E-state index is 0. The van der Waals surface area contributed by atoms with Crippen molar-refractivity contribution in [1.29, 1.82) is 0 Å². The Morgan fingerprint density at radius 2 is 1.67 bits per heavy atom. The highest BCUT2D eigenvalue weighted by molar-refractivity contribution is 4.66. The monoisotopic (exact) mass is 175 g/mol. The van der Waals surface area contributed by atoms with E-state index in [0.29, 0.717) is 6.10 Å². The lowest BCUT2D eigenvalue weighted by Gasteiger charge is -2.20. The first-order valence-corrected chi connectivity index (χ1v) is 4.58. The van der Waals surface area contributed by atoms with E-state index in [-0.39, 0.29) is 7.43 Å². The van der Waals surface area contributed by atoms with Gasteiger partial charge in [-0.1, -0.05) is 27.7 Å². The van der Waals surface area contributed by atoms with Crippen molar-refractivity contribution in [2.75, 3.05) is 20.2 Å². The Hall–Kier alpha value is -0.0800. The zero-order valence-electron chi connectivity index (χ0n) is 8.02. The summed E-state index contributed by atoms with van der Waals surface area (Å²) in [6.07, 6.45) is 4.13. The fraction of sp³-hybridized carbons (Fsp3) is 1.00. The molecule has 1 aliphatic heterocycles. The van der Waals surface area contributed by atoms with Gasteiger partial charge in [0.05, 0.1) is 6.10 Å². The molecule has 1 aliphatic rings. The molecule has 0 aliphatic carbocycles. The molecule has 0 radical (unpaired) electrons. The highest BCUT2D eigenvalue weighted by atomic mass is 16.5. The van der Waals surface area contributed by atoms with Crippen molar-refractivity contribution in [3.8, 4) is 0 Å². The summed E-state index contributed by atoms with van der Waals surface area (Å²) in [5.74, 6) is 0. The molecule has 12 heavy (non-hydrogen) atoms. The second-order valence-electron chi connectivity index (χ2n) is 2.89. The fourth-order valence-electron chi connectivity index (χ4n) is 1.03. The lowest BCUT2D eigenvalue weighted by molar-refractivity contribution is 0.0765. The molecule has 0 spiro atoms. The first-order valence-electron chi connectivity index (χ1n) is 4.58. The lowest BCUT2D eigenvalue weighted by atomic mass is 10.1. The second kappa shape index (κ2) is 10.9. The van der Waals surface area contributed by atoms with Crippen molar-refractivity contribution in [2.24, 2.45) is 0 Å². The first kappa shape index (κ1) is 14.4. The summed E-state index contributed by atoms with van der Waals surface area (Å²) in [5.41, 5.74) is 0. The third-order valence-electron chi connectivity index (χ3n) is 1.62. The molecule has 2 nitrogen and oxygen atoms in total. The van der Waals surface area contributed by atoms with Gasteiger partial charge in [0.2, 0.25) is 0 Å². The lowest BCUT2D eigenvalue weighted by Crippen LogP contribution is -2.31. The Balaban J connectivity index is 0. The van der Waals surface area contributed by atoms with Crippen LogP contribution in [-0.2, 0) is 4.74 Å². The van der Waals surface area contributed by atoms with Gasteiger partial charge in [-0.25, -0.2) is 0 Å². The number of hydrogen-bond donors (Lipinski definition) is 1. The van der Waals surface area contributed by atoms with Gasteiger partial charge in [0, 0.05) is 7.11 Å². The van der Waals surface area contributed by atoms with E-state index in [2.05, 4.69) is 19.2 Å². The van der Waals surface area contributed by atoms with Crippen LogP contribution in [0.3, 0.4) is 0 Å². The Morgan fingerprint density at radius 3 is 1.92 bits per heavy atom. The van der Waals surface area contributed by atoms with Crippen molar-refractivity contribution in [2.45, 2.75) is 46.6 Å². The van der Waals surface area contributed by atoms with Gasteiger partial charge in [-0.15, -0.1) is 0 Å². The summed E-state index contributed by atoms with van der Waals surface area (Å²) >= 11 is 0. The van der Waals surface area contributed by atoms with Gasteiger partial charge >= 0.3 is 0 Å². The topological polar surface area (TPSA) is 21.3 Å². The average Bonchev–Trinajstić information content (AvgIpc) is 2.08. The summed E-state index contributed by atoms with van der Waals surface area (Å²) in [4.78, 5) is 0. The number of nitrogens with one attached hydrogen (secondary N) is 1. The maximum atomic E-state index is 5.15. The summed E-state index contributed by atoms with van der Waals surface area (Å²) in [6.45, 7) is 6.50. The zero-order valence-corrected chi connectivity index (χ0v) is 8.02. The van der Waals surface area contributed by atoms with E-state index in [1.54, 1.807) is 7.11 Å². The molecule has 0 aromatic carbocycles. The van der Waals surface area contributed by atoms with E-state index >= 15 is 0 Å². The third-order valence-corrected chi connectivity index (χ3v) is 1.62. The van der Waals surface area contributed by atoms with Crippen molar-refractivity contribution in [3.05, 3.63) is 0 Å². The molecule has 2 heteroatoms. The van der Waals surface area contributed by atoms with Gasteiger partial charge in [0.15, 0.2) is 0 Å². The summed E-state index contributed by atoms with van der Waals surface area (Å²) < 4.78 is 5.15. The molecule has 0 atom stereocenters. The van der Waals surface area contributed by atoms with Gasteiger partial charge in [-0.2, -0.15) is 0 Å². The quantitative estimate of drug-likeness (QED) is 0.661. The highest BCUT2D eigenvalue weighted by Gasteiger charge is 2.09. The number of piperidine rings is 1. The molecule has 0 saturated carbocycles. The van der Waals surface area contributed by atoms with Gasteiger partial charge in [0.1, 0.15) is 0 Å². The molecule has 0 unspecified atom stereocenters. The third kappa shape index (κ3) is 8.02. The number of methoxy groups -OCH3 is 1. The van der Waals surface area contributed by atoms with E-state index in [9.17, 15) is 0 Å². The van der Waals surface area contributed by atoms with Crippen LogP contribution in [0.2, 0.25) is 0 Å². The van der Waals surface area contributed by atoms with E-state index in [1.807, 2.05) is 0 Å². The number of hydrogen-bond acceptors (Lipinski definition) is 2. The zero-order chi connectivity index (χ0) is 8.53. The molecule has 76 valence electrons. The molecule has 1 saturated heterocycles. The Kier molecular flexibility index (Phi) is 13.1. The van der Waals surface area contributed by atoms with Crippen molar-refractivity contribution >= 4 is 0 Å². The Morgan fingerprint density at radius 1 is 1.25 bits per heavy atom. The van der Waals surface area contributed by atoms with Gasteiger partial charge in [-0.3, -0.25) is 0 Å². The van der Waals surface area contributed by atoms with E-state index in [0.717, 1.165) is 13.1 Å². The number of rotatable bonds is 1. The van der Waals surface area contributed by atoms with Crippen molar-refractivity contribution in [1.82, 2.24) is 5.32 Å². The summed E-state index contributed by atoms with van der Waals surface area (Å²) in [7, 11) is 1.79. The molecular formula is C10H25NO. The van der Waals surface area contributed by atoms with Crippen LogP contribution in [0.1, 0.15) is 40.5 Å². The number of ether oxygens (including phenoxy) is 1. The Bertz CT molecular complexity index is 70.2. The van der Waals surface area contributed by atoms with Gasteiger partial charge in [-0.05, 0) is 25.9 Å². The molecule has 0 amide bonds. The molecule has 0 aromatic rings. The molecule has 1 N–H and O–H groups in total. The van der Waals surface area contributed by atoms with E-state index in [4.69, 9.17) is 4.74 Å². The average molecular weight is 175 g/mol. The molecular weight excluding hydrogens is 150 g/mol. The minimum Gasteiger partial charge on any atom is -0.381 e. The highest BCUT2D eigenvalue weighted by Crippen LogP contribution is 2.04. The summed E-state index contributed by atoms with van der Waals surface area (Å²) in [6, 6.07) is 0. The van der Waals surface area contributed by atoms with E-state index < -0.39 is 0 Å². The largest absolute Gasteiger partial charge is 0.381 e. The smallest absolute Gasteiger partial charge is 0.0595 e. The summed E-state index contributed by atoms with van der Waals surface area (Å²) in [5, 5.41) is 3.27. The van der Waals surface area contributed by atoms with Crippen LogP contribution in [0.4, 0.5) is 0 Å². The predicted molar refractivity (Wildman–Crippen MR) is 55.6 cm³/mol. The maximum Gasteiger partial charge on any atom is 0.0595 e. The van der Waals surface area contributed by atoms with Crippen LogP contribution < -0.4 is 5.32 Å². The van der Waals surface area contributed by atoms with Gasteiger partial charge in [0.25, 0.3) is 0 Å². The van der Waals surface area contributed by atoms with Gasteiger partial charge < -0.3 is 10.1 Å². The maximum absolute atomic E-state index is 5.15. The molecule has 1 heterocycles. The standard InChI is InChI=1S/C6H13NO.C3H8.CH4/c1-8-6-2-4-7-5-3-6;1-3-2;/h6-7H,2-5H2,1H3;3H2,1-2H3;1H4. The second-order valence-corrected chi connectivity index (χ2v) is 2.89. The van der Waals surface area contributed by atoms with E-state index in [1.165, 1.54) is 19.3 Å². The van der Waals surface area contributed by atoms with Crippen molar-refractivity contribution < 1.29 is 4.74 Å². The van der Waals surface area contributed by atoms with Crippen LogP contribution in [0.25, 0.3) is 0 Å². The molecule has 0 bridgehead atoms.